The summed E-state index contributed by atoms with van der Waals surface area (Å²) in [6, 6.07) is 7.31. The molecule has 1 aromatic carbocycles. The summed E-state index contributed by atoms with van der Waals surface area (Å²) >= 11 is 1.56. The van der Waals surface area contributed by atoms with E-state index in [2.05, 4.69) is 10.3 Å². The monoisotopic (exact) mass is 305 g/mol. The van der Waals surface area contributed by atoms with Crippen molar-refractivity contribution < 1.29 is 9.90 Å². The lowest BCUT2D eigenvalue weighted by atomic mass is 10.1. The predicted octanol–water partition coefficient (Wildman–Crippen LogP) is 1.44. The van der Waals surface area contributed by atoms with Gasteiger partial charge >= 0.3 is 0 Å². The van der Waals surface area contributed by atoms with Gasteiger partial charge in [-0.15, -0.1) is 11.3 Å². The molecule has 2 aromatic rings. The van der Waals surface area contributed by atoms with E-state index < -0.39 is 18.1 Å². The van der Waals surface area contributed by atoms with E-state index in [4.69, 9.17) is 5.73 Å². The molecule has 0 fully saturated rings. The van der Waals surface area contributed by atoms with Gasteiger partial charge in [0.15, 0.2) is 0 Å². The summed E-state index contributed by atoms with van der Waals surface area (Å²) in [5.41, 5.74) is 7.52. The molecule has 21 heavy (non-hydrogen) atoms. The third kappa shape index (κ3) is 3.87. The Kier molecular flexibility index (Phi) is 5.06. The lowest BCUT2D eigenvalue weighted by molar-refractivity contribution is -0.122. The summed E-state index contributed by atoms with van der Waals surface area (Å²) in [7, 11) is 0. The number of aliphatic hydroxyl groups is 1. The molecule has 2 rings (SSSR count). The third-order valence-electron chi connectivity index (χ3n) is 3.21. The van der Waals surface area contributed by atoms with Gasteiger partial charge in [0.2, 0.25) is 5.91 Å². The molecular formula is C15H19N3O2S. The van der Waals surface area contributed by atoms with Gasteiger partial charge in [0.1, 0.15) is 11.0 Å². The topological polar surface area (TPSA) is 88.2 Å². The van der Waals surface area contributed by atoms with Crippen molar-refractivity contribution >= 4 is 17.2 Å². The Bertz CT molecular complexity index is 625. The second kappa shape index (κ2) is 6.80. The maximum absolute atomic E-state index is 11.2. The lowest BCUT2D eigenvalue weighted by Gasteiger charge is -2.17. The number of amides is 1. The Balaban J connectivity index is 2.07. The normalized spacial score (nSPS) is 13.9. The van der Waals surface area contributed by atoms with Crippen LogP contribution in [0.5, 0.6) is 0 Å². The van der Waals surface area contributed by atoms with Crippen LogP contribution in [0.15, 0.2) is 30.5 Å². The molecule has 1 heterocycles. The van der Waals surface area contributed by atoms with E-state index in [-0.39, 0.29) is 0 Å². The molecule has 5 nitrogen and oxygen atoms in total. The number of primary amides is 1. The first kappa shape index (κ1) is 15.6. The fourth-order valence-electron chi connectivity index (χ4n) is 2.05. The van der Waals surface area contributed by atoms with Gasteiger partial charge in [0.25, 0.3) is 0 Å². The van der Waals surface area contributed by atoms with E-state index in [0.29, 0.717) is 6.54 Å². The molecule has 0 spiro atoms. The average Bonchev–Trinajstić information content (AvgIpc) is 2.87. The van der Waals surface area contributed by atoms with Gasteiger partial charge in [0.05, 0.1) is 6.10 Å². The molecule has 112 valence electrons. The molecule has 0 aliphatic rings. The molecule has 0 bridgehead atoms. The van der Waals surface area contributed by atoms with Gasteiger partial charge in [-0.1, -0.05) is 24.3 Å². The first-order valence-electron chi connectivity index (χ1n) is 6.70. The average molecular weight is 305 g/mol. The molecule has 0 radical (unpaired) electrons. The minimum absolute atomic E-state index is 0.446. The molecular weight excluding hydrogens is 286 g/mol. The first-order chi connectivity index (χ1) is 9.99. The SMILES string of the molecule is Cc1ccccc1-c1ncc(CN[C@H](C(N)=O)[C@@H](C)O)s1. The number of rotatable bonds is 6. The predicted molar refractivity (Wildman–Crippen MR) is 83.8 cm³/mol. The van der Waals surface area contributed by atoms with Crippen LogP contribution in [-0.2, 0) is 11.3 Å². The number of hydrogen-bond donors (Lipinski definition) is 3. The zero-order valence-electron chi connectivity index (χ0n) is 12.0. The van der Waals surface area contributed by atoms with Crippen LogP contribution in [0.2, 0.25) is 0 Å². The second-order valence-electron chi connectivity index (χ2n) is 4.95. The molecule has 6 heteroatoms. The minimum Gasteiger partial charge on any atom is -0.391 e. The number of aryl methyl sites for hydroxylation is 1. The minimum atomic E-state index is -0.828. The molecule has 1 aromatic heterocycles. The maximum atomic E-state index is 11.2. The number of hydrogen-bond acceptors (Lipinski definition) is 5. The van der Waals surface area contributed by atoms with Crippen molar-refractivity contribution in [2.24, 2.45) is 5.73 Å². The highest BCUT2D eigenvalue weighted by Gasteiger charge is 2.20. The second-order valence-corrected chi connectivity index (χ2v) is 6.06. The smallest absolute Gasteiger partial charge is 0.237 e. The summed E-state index contributed by atoms with van der Waals surface area (Å²) in [6.07, 6.45) is 0.950. The Morgan fingerprint density at radius 1 is 1.48 bits per heavy atom. The molecule has 1 amide bonds. The number of nitrogens with two attached hydrogens (primary N) is 1. The number of aromatic nitrogens is 1. The summed E-state index contributed by atoms with van der Waals surface area (Å²) in [4.78, 5) is 16.6. The molecule has 0 unspecified atom stereocenters. The number of carbonyl (C=O) groups excluding carboxylic acids is 1. The van der Waals surface area contributed by atoms with Crippen LogP contribution in [0.25, 0.3) is 10.6 Å². The van der Waals surface area contributed by atoms with Gasteiger partial charge in [0, 0.05) is 23.2 Å². The van der Waals surface area contributed by atoms with Gasteiger partial charge in [-0.3, -0.25) is 10.1 Å². The van der Waals surface area contributed by atoms with Gasteiger partial charge in [-0.05, 0) is 19.4 Å². The largest absolute Gasteiger partial charge is 0.391 e. The van der Waals surface area contributed by atoms with E-state index >= 15 is 0 Å². The van der Waals surface area contributed by atoms with Crippen molar-refractivity contribution in [3.8, 4) is 10.6 Å². The van der Waals surface area contributed by atoms with Crippen LogP contribution in [0.1, 0.15) is 17.4 Å². The fourth-order valence-corrected chi connectivity index (χ4v) is 3.00. The van der Waals surface area contributed by atoms with E-state index in [1.54, 1.807) is 17.5 Å². The number of thiazole rings is 1. The number of aliphatic hydroxyl groups excluding tert-OH is 1. The highest BCUT2D eigenvalue weighted by Crippen LogP contribution is 2.27. The van der Waals surface area contributed by atoms with Crippen LogP contribution in [0.4, 0.5) is 0 Å². The van der Waals surface area contributed by atoms with Crippen LogP contribution >= 0.6 is 11.3 Å². The van der Waals surface area contributed by atoms with Crippen molar-refractivity contribution in [3.05, 3.63) is 40.9 Å². The summed E-state index contributed by atoms with van der Waals surface area (Å²) in [5, 5.41) is 13.4. The van der Waals surface area contributed by atoms with Crippen molar-refractivity contribution in [3.63, 3.8) is 0 Å². The van der Waals surface area contributed by atoms with Crippen molar-refractivity contribution in [2.75, 3.05) is 0 Å². The van der Waals surface area contributed by atoms with E-state index in [1.807, 2.05) is 31.2 Å². The standard InChI is InChI=1S/C15H19N3O2S/c1-9-5-3-4-6-12(9)15-18-8-11(21-15)7-17-13(10(2)19)14(16)20/h3-6,8,10,13,17,19H,7H2,1-2H3,(H2,16,20)/t10-,13+/m1/s1. The molecule has 2 atom stereocenters. The van der Waals surface area contributed by atoms with E-state index in [1.165, 1.54) is 12.5 Å². The molecule has 4 N–H and O–H groups in total. The summed E-state index contributed by atoms with van der Waals surface area (Å²) in [6.45, 7) is 4.03. The van der Waals surface area contributed by atoms with E-state index in [9.17, 15) is 9.90 Å². The first-order valence-corrected chi connectivity index (χ1v) is 7.52. The molecule has 0 aliphatic carbocycles. The van der Waals surface area contributed by atoms with Crippen molar-refractivity contribution in [2.45, 2.75) is 32.5 Å². The maximum Gasteiger partial charge on any atom is 0.237 e. The van der Waals surface area contributed by atoms with Gasteiger partial charge < -0.3 is 10.8 Å². The molecule has 0 aliphatic heterocycles. The Hall–Kier alpha value is -1.76. The number of carbonyl (C=O) groups is 1. The van der Waals surface area contributed by atoms with Gasteiger partial charge in [-0.2, -0.15) is 0 Å². The number of nitrogens with one attached hydrogen (secondary N) is 1. The van der Waals surface area contributed by atoms with Crippen molar-refractivity contribution in [1.82, 2.24) is 10.3 Å². The van der Waals surface area contributed by atoms with Gasteiger partial charge in [-0.25, -0.2) is 4.98 Å². The van der Waals surface area contributed by atoms with Crippen LogP contribution in [0.3, 0.4) is 0 Å². The van der Waals surface area contributed by atoms with Crippen molar-refractivity contribution in [1.29, 1.82) is 0 Å². The molecule has 0 saturated heterocycles. The quantitative estimate of drug-likeness (QED) is 0.753. The van der Waals surface area contributed by atoms with E-state index in [0.717, 1.165) is 15.4 Å². The van der Waals surface area contributed by atoms with Crippen LogP contribution in [0, 0.1) is 6.92 Å². The highest BCUT2D eigenvalue weighted by atomic mass is 32.1. The third-order valence-corrected chi connectivity index (χ3v) is 4.24. The summed E-state index contributed by atoms with van der Waals surface area (Å²) in [5.74, 6) is -0.561. The Morgan fingerprint density at radius 2 is 2.19 bits per heavy atom. The highest BCUT2D eigenvalue weighted by molar-refractivity contribution is 7.15. The zero-order valence-corrected chi connectivity index (χ0v) is 12.9. The molecule has 0 saturated carbocycles. The summed E-state index contributed by atoms with van der Waals surface area (Å²) < 4.78 is 0. The lowest BCUT2D eigenvalue weighted by Crippen LogP contribution is -2.47. The zero-order chi connectivity index (χ0) is 15.4. The number of benzene rings is 1. The Labute approximate surface area is 127 Å². The number of nitrogens with zero attached hydrogens (tertiary/aromatic N) is 1. The Morgan fingerprint density at radius 3 is 2.81 bits per heavy atom. The van der Waals surface area contributed by atoms with Crippen LogP contribution in [-0.4, -0.2) is 28.1 Å². The fraction of sp³-hybridized carbons (Fsp3) is 0.333. The van der Waals surface area contributed by atoms with Crippen LogP contribution < -0.4 is 11.1 Å².